The Morgan fingerprint density at radius 1 is 0.444 bits per heavy atom. The van der Waals surface area contributed by atoms with Gasteiger partial charge in [0.05, 0.1) is 0 Å². The molecule has 0 amide bonds. The molecule has 4 aromatic carbocycles. The van der Waals surface area contributed by atoms with Crippen LogP contribution in [-0.2, 0) is 4.12 Å². The number of rotatable bonds is 12. The molecule has 4 aromatic rings. The summed E-state index contributed by atoms with van der Waals surface area (Å²) in [5.74, 6) is 0. The summed E-state index contributed by atoms with van der Waals surface area (Å²) in [5, 5.41) is 5.56. The zero-order valence-corrected chi connectivity index (χ0v) is 23.2. The molecule has 0 N–H and O–H groups in total. The first kappa shape index (κ1) is 28.4. The van der Waals surface area contributed by atoms with Gasteiger partial charge in [-0.25, -0.2) is 0 Å². The molecule has 182 valence electrons. The Balaban J connectivity index is 0.00000361. The van der Waals surface area contributed by atoms with Crippen molar-refractivity contribution in [1.82, 2.24) is 0 Å². The second-order valence-electron chi connectivity index (χ2n) is 9.43. The summed E-state index contributed by atoms with van der Waals surface area (Å²) in [4.78, 5) is 0. The van der Waals surface area contributed by atoms with Gasteiger partial charge in [0, 0.05) is 0 Å². The molecule has 0 saturated carbocycles. The van der Waals surface area contributed by atoms with E-state index in [9.17, 15) is 0 Å². The molecular formula is C32H39LiOSi2. The molecular weight excluding hydrogens is 463 g/mol. The predicted molar refractivity (Wildman–Crippen MR) is 163 cm³/mol. The van der Waals surface area contributed by atoms with Crippen LogP contribution in [0.1, 0.15) is 39.5 Å². The van der Waals surface area contributed by atoms with Crippen molar-refractivity contribution in [2.24, 2.45) is 0 Å². The van der Waals surface area contributed by atoms with Crippen molar-refractivity contribution < 1.29 is 4.12 Å². The molecule has 0 aromatic heterocycles. The molecule has 0 unspecified atom stereocenters. The van der Waals surface area contributed by atoms with Gasteiger partial charge < -0.3 is 4.12 Å². The number of unbranched alkanes of at least 4 members (excludes halogenated alkanes) is 2. The molecule has 4 heteroatoms. The van der Waals surface area contributed by atoms with Gasteiger partial charge in [-0.15, -0.1) is 0 Å². The molecule has 36 heavy (non-hydrogen) atoms. The van der Waals surface area contributed by atoms with Crippen LogP contribution in [0, 0.1) is 0 Å². The number of hydrogen-bond donors (Lipinski definition) is 0. The summed E-state index contributed by atoms with van der Waals surface area (Å²) in [5.41, 5.74) is 0. The van der Waals surface area contributed by atoms with Gasteiger partial charge in [-0.2, -0.15) is 0 Å². The molecule has 0 heterocycles. The molecule has 4 rings (SSSR count). The molecule has 0 aliphatic carbocycles. The Hall–Kier alpha value is -2.13. The molecule has 0 atom stereocenters. The van der Waals surface area contributed by atoms with Gasteiger partial charge in [-0.05, 0) is 32.8 Å². The van der Waals surface area contributed by atoms with E-state index < -0.39 is 16.6 Å². The summed E-state index contributed by atoms with van der Waals surface area (Å²) in [6, 6.07) is 46.8. The Morgan fingerprint density at radius 3 is 0.917 bits per heavy atom. The van der Waals surface area contributed by atoms with E-state index in [0.717, 1.165) is 37.8 Å². The fourth-order valence-corrected chi connectivity index (χ4v) is 16.8. The van der Waals surface area contributed by atoms with Crippen LogP contribution in [0.15, 0.2) is 121 Å². The Bertz CT molecular complexity index is 966. The minimum absolute atomic E-state index is 0. The van der Waals surface area contributed by atoms with Crippen molar-refractivity contribution in [3.63, 3.8) is 0 Å². The van der Waals surface area contributed by atoms with Gasteiger partial charge in [0.2, 0.25) is 16.6 Å². The van der Waals surface area contributed by atoms with E-state index in [2.05, 4.69) is 135 Å². The zero-order valence-electron chi connectivity index (χ0n) is 21.2. The van der Waals surface area contributed by atoms with Gasteiger partial charge in [0.15, 0.2) is 0 Å². The molecule has 0 spiro atoms. The van der Waals surface area contributed by atoms with Crippen LogP contribution < -0.4 is 20.7 Å². The average molecular weight is 503 g/mol. The molecule has 0 fully saturated rings. The summed E-state index contributed by atoms with van der Waals surface area (Å²) in [7, 11) is -5.12. The Labute approximate surface area is 232 Å². The van der Waals surface area contributed by atoms with Crippen LogP contribution in [0.2, 0.25) is 12.1 Å². The van der Waals surface area contributed by atoms with Crippen molar-refractivity contribution in [3.8, 4) is 0 Å². The quantitative estimate of drug-likeness (QED) is 0.233. The van der Waals surface area contributed by atoms with Crippen LogP contribution in [0.4, 0.5) is 0 Å². The standard InChI is InChI=1S/C32H38OSi2.Li.H/c1-3-5-27-34(29-19-11-7-12-20-29,30-21-13-8-14-22-30)33-35(28-6-4-2,31-23-15-9-16-24-31)32-25-17-10-18-26-32;;/h7-26H,3-6,27-28H2,1-2H3;;. The topological polar surface area (TPSA) is 9.23 Å². The van der Waals surface area contributed by atoms with E-state index in [0.29, 0.717) is 0 Å². The fraction of sp³-hybridized carbons (Fsp3) is 0.250. The van der Waals surface area contributed by atoms with Crippen LogP contribution in [0.25, 0.3) is 0 Å². The van der Waals surface area contributed by atoms with Crippen LogP contribution >= 0.6 is 0 Å². The molecule has 0 bridgehead atoms. The van der Waals surface area contributed by atoms with E-state index >= 15 is 0 Å². The summed E-state index contributed by atoms with van der Waals surface area (Å²) in [6.07, 6.45) is 4.66. The first-order valence-corrected chi connectivity index (χ1v) is 17.4. The molecule has 0 aliphatic rings. The Morgan fingerprint density at radius 2 is 0.694 bits per heavy atom. The van der Waals surface area contributed by atoms with Crippen molar-refractivity contribution in [3.05, 3.63) is 121 Å². The minimum atomic E-state index is -2.56. The predicted octanol–water partition coefficient (Wildman–Crippen LogP) is 5.47. The SMILES string of the molecule is CCCC[Si](O[Si](CCCC)(c1ccccc1)c1ccccc1)(c1ccccc1)c1ccccc1.[LiH]. The molecule has 0 radical (unpaired) electrons. The second kappa shape index (κ2) is 14.0. The van der Waals surface area contributed by atoms with E-state index in [4.69, 9.17) is 4.12 Å². The van der Waals surface area contributed by atoms with Gasteiger partial charge in [0.25, 0.3) is 0 Å². The van der Waals surface area contributed by atoms with Gasteiger partial charge >= 0.3 is 18.9 Å². The molecule has 0 saturated heterocycles. The van der Waals surface area contributed by atoms with Crippen molar-refractivity contribution in [2.75, 3.05) is 0 Å². The van der Waals surface area contributed by atoms with E-state index in [1.54, 1.807) is 0 Å². The van der Waals surface area contributed by atoms with Crippen molar-refractivity contribution >= 4 is 56.2 Å². The maximum absolute atomic E-state index is 8.05. The number of benzene rings is 4. The first-order valence-electron chi connectivity index (χ1n) is 13.2. The third kappa shape index (κ3) is 6.22. The van der Waals surface area contributed by atoms with Crippen molar-refractivity contribution in [2.45, 2.75) is 51.6 Å². The Kier molecular flexibility index (Phi) is 11.0. The number of hydrogen-bond acceptors (Lipinski definition) is 1. The monoisotopic (exact) mass is 502 g/mol. The summed E-state index contributed by atoms with van der Waals surface area (Å²) < 4.78 is 8.05. The van der Waals surface area contributed by atoms with Gasteiger partial charge in [-0.3, -0.25) is 0 Å². The fourth-order valence-electron chi connectivity index (χ4n) is 5.23. The van der Waals surface area contributed by atoms with Crippen LogP contribution in [0.3, 0.4) is 0 Å². The van der Waals surface area contributed by atoms with Crippen molar-refractivity contribution in [1.29, 1.82) is 0 Å². The average Bonchev–Trinajstić information content (AvgIpc) is 2.95. The third-order valence-electron chi connectivity index (χ3n) is 7.07. The van der Waals surface area contributed by atoms with E-state index in [1.807, 2.05) is 0 Å². The zero-order chi connectivity index (χ0) is 24.4. The first-order chi connectivity index (χ1) is 17.2. The van der Waals surface area contributed by atoms with Crippen LogP contribution in [-0.4, -0.2) is 35.5 Å². The van der Waals surface area contributed by atoms with Crippen LogP contribution in [0.5, 0.6) is 0 Å². The van der Waals surface area contributed by atoms with Gasteiger partial charge in [-0.1, -0.05) is 161 Å². The van der Waals surface area contributed by atoms with E-state index in [1.165, 1.54) is 20.7 Å². The third-order valence-corrected chi connectivity index (χ3v) is 17.0. The second-order valence-corrected chi connectivity index (χ2v) is 16.9. The molecule has 0 aliphatic heterocycles. The summed E-state index contributed by atoms with van der Waals surface area (Å²) in [6.45, 7) is 4.59. The molecule has 1 nitrogen and oxygen atoms in total. The van der Waals surface area contributed by atoms with E-state index in [-0.39, 0.29) is 18.9 Å². The maximum atomic E-state index is 8.05. The normalized spacial score (nSPS) is 11.6. The van der Waals surface area contributed by atoms with Gasteiger partial charge in [0.1, 0.15) is 0 Å². The summed E-state index contributed by atoms with van der Waals surface area (Å²) >= 11 is 0.